The number of anilines is 1. The van der Waals surface area contributed by atoms with Crippen LogP contribution >= 0.6 is 0 Å². The molecule has 29 heavy (non-hydrogen) atoms. The van der Waals surface area contributed by atoms with Crippen LogP contribution in [-0.4, -0.2) is 25.7 Å². The van der Waals surface area contributed by atoms with E-state index < -0.39 is 5.97 Å². The van der Waals surface area contributed by atoms with Crippen LogP contribution in [0.3, 0.4) is 0 Å². The highest BCUT2D eigenvalue weighted by atomic mass is 16.5. The van der Waals surface area contributed by atoms with Crippen molar-refractivity contribution in [2.75, 3.05) is 19.5 Å². The lowest BCUT2D eigenvalue weighted by Crippen LogP contribution is -2.05. The molecule has 0 saturated carbocycles. The van der Waals surface area contributed by atoms with Gasteiger partial charge in [-0.2, -0.15) is 0 Å². The van der Waals surface area contributed by atoms with Crippen molar-refractivity contribution >= 4 is 17.6 Å². The zero-order chi connectivity index (χ0) is 20.8. The van der Waals surface area contributed by atoms with E-state index in [2.05, 4.69) is 0 Å². The van der Waals surface area contributed by atoms with Gasteiger partial charge < -0.3 is 19.9 Å². The summed E-state index contributed by atoms with van der Waals surface area (Å²) in [5.74, 6) is -0.121. The van der Waals surface area contributed by atoms with Crippen LogP contribution in [0.15, 0.2) is 66.7 Å². The molecule has 0 spiro atoms. The molecule has 0 unspecified atom stereocenters. The van der Waals surface area contributed by atoms with Crippen LogP contribution in [0, 0.1) is 0 Å². The van der Waals surface area contributed by atoms with E-state index in [0.29, 0.717) is 29.4 Å². The number of ether oxygens (including phenoxy) is 3. The topological polar surface area (TPSA) is 87.9 Å². The highest BCUT2D eigenvalue weighted by Gasteiger charge is 2.16. The highest BCUT2D eigenvalue weighted by molar-refractivity contribution is 5.94. The number of benzene rings is 3. The zero-order valence-corrected chi connectivity index (χ0v) is 16.2. The van der Waals surface area contributed by atoms with Crippen LogP contribution in [0.4, 0.5) is 5.69 Å². The lowest BCUT2D eigenvalue weighted by atomic mass is 10.0. The second-order valence-corrected chi connectivity index (χ2v) is 6.14. The van der Waals surface area contributed by atoms with Gasteiger partial charge in [-0.25, -0.2) is 9.59 Å². The number of carbonyl (C=O) groups is 2. The van der Waals surface area contributed by atoms with Crippen LogP contribution in [0.5, 0.6) is 11.5 Å². The van der Waals surface area contributed by atoms with Gasteiger partial charge in [-0.15, -0.1) is 0 Å². The van der Waals surface area contributed by atoms with E-state index in [4.69, 9.17) is 19.9 Å². The van der Waals surface area contributed by atoms with E-state index in [-0.39, 0.29) is 11.5 Å². The van der Waals surface area contributed by atoms with Gasteiger partial charge in [0.2, 0.25) is 0 Å². The molecule has 2 N–H and O–H groups in total. The number of carbonyl (C=O) groups excluding carboxylic acids is 2. The van der Waals surface area contributed by atoms with Crippen LogP contribution in [0.2, 0.25) is 0 Å². The third-order valence-corrected chi connectivity index (χ3v) is 4.25. The summed E-state index contributed by atoms with van der Waals surface area (Å²) in [7, 11) is 1.31. The van der Waals surface area contributed by atoms with Gasteiger partial charge >= 0.3 is 11.9 Å². The fourth-order valence-electron chi connectivity index (χ4n) is 2.77. The summed E-state index contributed by atoms with van der Waals surface area (Å²) >= 11 is 0. The summed E-state index contributed by atoms with van der Waals surface area (Å²) in [5, 5.41) is 0. The van der Waals surface area contributed by atoms with Gasteiger partial charge in [0.15, 0.2) is 0 Å². The minimum Gasteiger partial charge on any atom is -0.465 e. The molecule has 3 aromatic rings. The van der Waals surface area contributed by atoms with E-state index in [9.17, 15) is 9.59 Å². The number of nitrogens with two attached hydrogens (primary N) is 1. The maximum atomic E-state index is 12.3. The van der Waals surface area contributed by atoms with Crippen molar-refractivity contribution in [2.24, 2.45) is 0 Å². The maximum absolute atomic E-state index is 12.3. The Kier molecular flexibility index (Phi) is 6.14. The van der Waals surface area contributed by atoms with Crippen LogP contribution in [0.1, 0.15) is 27.6 Å². The SMILES string of the molecule is CCOC(=O)c1ccc(-c2ccc(Oc3ccccc3N)c(C(=O)OC)c2)cc1. The van der Waals surface area contributed by atoms with Crippen molar-refractivity contribution in [2.45, 2.75) is 6.92 Å². The van der Waals surface area contributed by atoms with Crippen molar-refractivity contribution in [3.63, 3.8) is 0 Å². The lowest BCUT2D eigenvalue weighted by molar-refractivity contribution is 0.0525. The molecule has 3 rings (SSSR count). The molecule has 6 nitrogen and oxygen atoms in total. The number of hydrogen-bond acceptors (Lipinski definition) is 6. The predicted octanol–water partition coefficient (Wildman–Crippen LogP) is 4.69. The molecule has 0 atom stereocenters. The van der Waals surface area contributed by atoms with Crippen molar-refractivity contribution in [3.05, 3.63) is 77.9 Å². The molecule has 0 heterocycles. The van der Waals surface area contributed by atoms with Crippen LogP contribution in [0.25, 0.3) is 11.1 Å². The molecule has 3 aromatic carbocycles. The first-order valence-electron chi connectivity index (χ1n) is 9.05. The fourth-order valence-corrected chi connectivity index (χ4v) is 2.77. The first kappa shape index (κ1) is 19.9. The van der Waals surface area contributed by atoms with Crippen molar-refractivity contribution in [1.29, 1.82) is 0 Å². The van der Waals surface area contributed by atoms with Gasteiger partial charge in [0.1, 0.15) is 17.1 Å². The van der Waals surface area contributed by atoms with Crippen molar-refractivity contribution in [1.82, 2.24) is 0 Å². The first-order valence-corrected chi connectivity index (χ1v) is 9.05. The van der Waals surface area contributed by atoms with Crippen LogP contribution < -0.4 is 10.5 Å². The van der Waals surface area contributed by atoms with E-state index in [1.165, 1.54) is 7.11 Å². The predicted molar refractivity (Wildman–Crippen MR) is 110 cm³/mol. The van der Waals surface area contributed by atoms with Crippen LogP contribution in [-0.2, 0) is 9.47 Å². The molecule has 0 aliphatic carbocycles. The Morgan fingerprint density at radius 2 is 1.55 bits per heavy atom. The van der Waals surface area contributed by atoms with Gasteiger partial charge in [0, 0.05) is 0 Å². The van der Waals surface area contributed by atoms with Gasteiger partial charge in [-0.1, -0.05) is 30.3 Å². The second-order valence-electron chi connectivity index (χ2n) is 6.14. The average Bonchev–Trinajstić information content (AvgIpc) is 2.75. The Balaban J connectivity index is 1.94. The average molecular weight is 391 g/mol. The molecule has 0 saturated heterocycles. The van der Waals surface area contributed by atoms with Crippen molar-refractivity contribution < 1.29 is 23.8 Å². The fraction of sp³-hybridized carbons (Fsp3) is 0.130. The Labute approximate surface area is 168 Å². The molecule has 6 heteroatoms. The molecule has 148 valence electrons. The van der Waals surface area contributed by atoms with Gasteiger partial charge in [-0.3, -0.25) is 0 Å². The third-order valence-electron chi connectivity index (χ3n) is 4.25. The molecule has 0 aliphatic heterocycles. The normalized spacial score (nSPS) is 10.3. The Morgan fingerprint density at radius 1 is 0.862 bits per heavy atom. The molecule has 0 radical (unpaired) electrons. The summed E-state index contributed by atoms with van der Waals surface area (Å²) < 4.78 is 15.7. The van der Waals surface area contributed by atoms with E-state index in [0.717, 1.165) is 11.1 Å². The van der Waals surface area contributed by atoms with E-state index in [1.54, 1.807) is 67.6 Å². The third kappa shape index (κ3) is 4.55. The number of rotatable bonds is 6. The molecular weight excluding hydrogens is 370 g/mol. The molecule has 0 bridgehead atoms. The van der Waals surface area contributed by atoms with Crippen molar-refractivity contribution in [3.8, 4) is 22.6 Å². The maximum Gasteiger partial charge on any atom is 0.341 e. The minimum absolute atomic E-state index is 0.266. The summed E-state index contributed by atoms with van der Waals surface area (Å²) in [6.07, 6.45) is 0. The van der Waals surface area contributed by atoms with Gasteiger partial charge in [-0.05, 0) is 54.4 Å². The Morgan fingerprint density at radius 3 is 2.21 bits per heavy atom. The zero-order valence-electron chi connectivity index (χ0n) is 16.2. The molecule has 0 fully saturated rings. The van der Waals surface area contributed by atoms with Gasteiger partial charge in [0.05, 0.1) is 25.0 Å². The standard InChI is InChI=1S/C23H21NO5/c1-3-28-22(25)16-10-8-15(9-11-16)17-12-13-20(18(14-17)23(26)27-2)29-21-7-5-4-6-19(21)24/h4-14H,3,24H2,1-2H3. The number of esters is 2. The second kappa shape index (κ2) is 8.93. The molecule has 0 aromatic heterocycles. The minimum atomic E-state index is -0.528. The molecular formula is C23H21NO5. The Bertz CT molecular complexity index is 1030. The first-order chi connectivity index (χ1) is 14.0. The summed E-state index contributed by atoms with van der Waals surface area (Å²) in [5.41, 5.74) is 8.72. The number of hydrogen-bond donors (Lipinski definition) is 1. The van der Waals surface area contributed by atoms with E-state index in [1.807, 2.05) is 6.07 Å². The summed E-state index contributed by atoms with van der Waals surface area (Å²) in [6.45, 7) is 2.07. The quantitative estimate of drug-likeness (QED) is 0.484. The number of methoxy groups -OCH3 is 1. The monoisotopic (exact) mass is 391 g/mol. The molecule has 0 amide bonds. The number of para-hydroxylation sites is 2. The van der Waals surface area contributed by atoms with E-state index >= 15 is 0 Å². The Hall–Kier alpha value is -3.80. The lowest BCUT2D eigenvalue weighted by Gasteiger charge is -2.13. The highest BCUT2D eigenvalue weighted by Crippen LogP contribution is 2.33. The van der Waals surface area contributed by atoms with Gasteiger partial charge in [0.25, 0.3) is 0 Å². The number of nitrogen functional groups attached to an aromatic ring is 1. The molecule has 0 aliphatic rings. The summed E-state index contributed by atoms with van der Waals surface area (Å²) in [6, 6.07) is 19.2. The largest absolute Gasteiger partial charge is 0.465 e. The summed E-state index contributed by atoms with van der Waals surface area (Å²) in [4.78, 5) is 24.1. The smallest absolute Gasteiger partial charge is 0.341 e.